The van der Waals surface area contributed by atoms with Crippen molar-refractivity contribution in [2.45, 2.75) is 25.9 Å². The summed E-state index contributed by atoms with van der Waals surface area (Å²) in [6.45, 7) is 3.89. The maximum atomic E-state index is 13.9. The predicted octanol–water partition coefficient (Wildman–Crippen LogP) is 3.44. The molecule has 2 rings (SSSR count). The highest BCUT2D eigenvalue weighted by molar-refractivity contribution is 5.44. The lowest BCUT2D eigenvalue weighted by Crippen LogP contribution is -2.23. The van der Waals surface area contributed by atoms with Crippen molar-refractivity contribution >= 4 is 5.82 Å². The first-order valence-corrected chi connectivity index (χ1v) is 6.69. The van der Waals surface area contributed by atoms with Gasteiger partial charge in [-0.05, 0) is 37.6 Å². The van der Waals surface area contributed by atoms with E-state index in [9.17, 15) is 4.39 Å². The SMILES string of the molecule is CC(c1ccccc1F)N(C)c1cc([C@@H](C)N)ccn1. The number of aromatic nitrogens is 1. The Bertz CT molecular complexity index is 583. The minimum atomic E-state index is -0.199. The number of pyridine rings is 1. The molecule has 2 aromatic rings. The maximum absolute atomic E-state index is 13.9. The Labute approximate surface area is 119 Å². The van der Waals surface area contributed by atoms with Crippen LogP contribution in [-0.4, -0.2) is 12.0 Å². The van der Waals surface area contributed by atoms with Crippen molar-refractivity contribution in [1.82, 2.24) is 4.98 Å². The van der Waals surface area contributed by atoms with Gasteiger partial charge in [-0.15, -0.1) is 0 Å². The highest BCUT2D eigenvalue weighted by Crippen LogP contribution is 2.26. The second-order valence-corrected chi connectivity index (χ2v) is 5.04. The van der Waals surface area contributed by atoms with Gasteiger partial charge in [-0.1, -0.05) is 18.2 Å². The van der Waals surface area contributed by atoms with E-state index in [1.54, 1.807) is 18.3 Å². The Kier molecular flexibility index (Phi) is 4.35. The number of hydrogen-bond acceptors (Lipinski definition) is 3. The van der Waals surface area contributed by atoms with E-state index in [4.69, 9.17) is 5.73 Å². The third-order valence-corrected chi connectivity index (χ3v) is 3.59. The number of nitrogens with zero attached hydrogens (tertiary/aromatic N) is 2. The molecule has 2 N–H and O–H groups in total. The molecule has 0 spiro atoms. The lowest BCUT2D eigenvalue weighted by Gasteiger charge is -2.27. The average Bonchev–Trinajstić information content (AvgIpc) is 2.46. The van der Waals surface area contributed by atoms with Crippen LogP contribution in [0.25, 0.3) is 0 Å². The number of nitrogens with two attached hydrogens (primary N) is 1. The molecular weight excluding hydrogens is 253 g/mol. The molecule has 0 amide bonds. The van der Waals surface area contributed by atoms with E-state index in [-0.39, 0.29) is 17.9 Å². The fourth-order valence-electron chi connectivity index (χ4n) is 2.13. The summed E-state index contributed by atoms with van der Waals surface area (Å²) in [6, 6.07) is 10.5. The van der Waals surface area contributed by atoms with Crippen LogP contribution >= 0.6 is 0 Å². The molecule has 0 saturated carbocycles. The van der Waals surface area contributed by atoms with Gasteiger partial charge in [0.25, 0.3) is 0 Å². The molecule has 3 nitrogen and oxygen atoms in total. The Morgan fingerprint density at radius 2 is 1.90 bits per heavy atom. The molecule has 1 aromatic carbocycles. The summed E-state index contributed by atoms with van der Waals surface area (Å²) in [7, 11) is 1.91. The Balaban J connectivity index is 2.29. The van der Waals surface area contributed by atoms with Crippen LogP contribution in [0.5, 0.6) is 0 Å². The molecule has 106 valence electrons. The predicted molar refractivity (Wildman–Crippen MR) is 80.1 cm³/mol. The third-order valence-electron chi connectivity index (χ3n) is 3.59. The molecule has 4 heteroatoms. The molecule has 0 aliphatic carbocycles. The highest BCUT2D eigenvalue weighted by Gasteiger charge is 2.17. The van der Waals surface area contributed by atoms with Crippen LogP contribution < -0.4 is 10.6 Å². The second kappa shape index (κ2) is 6.01. The topological polar surface area (TPSA) is 42.1 Å². The molecule has 0 bridgehead atoms. The monoisotopic (exact) mass is 273 g/mol. The number of halogens is 1. The zero-order valence-electron chi connectivity index (χ0n) is 12.0. The number of anilines is 1. The van der Waals surface area contributed by atoms with Crippen LogP contribution in [0.3, 0.4) is 0 Å². The van der Waals surface area contributed by atoms with E-state index in [0.29, 0.717) is 5.56 Å². The summed E-state index contributed by atoms with van der Waals surface area (Å²) in [6.07, 6.45) is 1.73. The molecule has 0 aliphatic heterocycles. The van der Waals surface area contributed by atoms with Gasteiger partial charge >= 0.3 is 0 Å². The van der Waals surface area contributed by atoms with E-state index in [2.05, 4.69) is 4.98 Å². The maximum Gasteiger partial charge on any atom is 0.129 e. The number of benzene rings is 1. The number of rotatable bonds is 4. The lowest BCUT2D eigenvalue weighted by atomic mass is 10.1. The van der Waals surface area contributed by atoms with Gasteiger partial charge in [-0.2, -0.15) is 0 Å². The van der Waals surface area contributed by atoms with E-state index in [1.807, 2.05) is 44.0 Å². The van der Waals surface area contributed by atoms with Gasteiger partial charge < -0.3 is 10.6 Å². The minimum Gasteiger partial charge on any atom is -0.353 e. The molecule has 2 atom stereocenters. The van der Waals surface area contributed by atoms with Crippen LogP contribution in [0.15, 0.2) is 42.6 Å². The average molecular weight is 273 g/mol. The van der Waals surface area contributed by atoms with Gasteiger partial charge in [0, 0.05) is 24.8 Å². The van der Waals surface area contributed by atoms with E-state index < -0.39 is 0 Å². The first-order chi connectivity index (χ1) is 9.50. The third kappa shape index (κ3) is 2.96. The Hall–Kier alpha value is -1.94. The van der Waals surface area contributed by atoms with Gasteiger partial charge in [0.05, 0.1) is 6.04 Å². The smallest absolute Gasteiger partial charge is 0.129 e. The highest BCUT2D eigenvalue weighted by atomic mass is 19.1. The fourth-order valence-corrected chi connectivity index (χ4v) is 2.13. The molecule has 0 fully saturated rings. The summed E-state index contributed by atoms with van der Waals surface area (Å²) in [5, 5.41) is 0. The van der Waals surface area contributed by atoms with Crippen LogP contribution in [0.4, 0.5) is 10.2 Å². The van der Waals surface area contributed by atoms with Crippen molar-refractivity contribution in [3.63, 3.8) is 0 Å². The summed E-state index contributed by atoms with van der Waals surface area (Å²) < 4.78 is 13.9. The molecular formula is C16H20FN3. The quantitative estimate of drug-likeness (QED) is 0.928. The fraction of sp³-hybridized carbons (Fsp3) is 0.312. The minimum absolute atomic E-state index is 0.0473. The lowest BCUT2D eigenvalue weighted by molar-refractivity contribution is 0.584. The van der Waals surface area contributed by atoms with Crippen LogP contribution in [0.1, 0.15) is 37.1 Å². The van der Waals surface area contributed by atoms with Crippen LogP contribution in [0, 0.1) is 5.82 Å². The van der Waals surface area contributed by atoms with Crippen LogP contribution in [-0.2, 0) is 0 Å². The van der Waals surface area contributed by atoms with Gasteiger partial charge in [0.1, 0.15) is 11.6 Å². The summed E-state index contributed by atoms with van der Waals surface area (Å²) in [5.41, 5.74) is 7.56. The van der Waals surface area contributed by atoms with E-state index in [1.165, 1.54) is 6.07 Å². The summed E-state index contributed by atoms with van der Waals surface area (Å²) in [4.78, 5) is 6.29. The van der Waals surface area contributed by atoms with E-state index >= 15 is 0 Å². The van der Waals surface area contributed by atoms with E-state index in [0.717, 1.165) is 11.4 Å². The molecule has 1 heterocycles. The second-order valence-electron chi connectivity index (χ2n) is 5.04. The van der Waals surface area contributed by atoms with Gasteiger partial charge in [-0.3, -0.25) is 0 Å². The van der Waals surface area contributed by atoms with Gasteiger partial charge in [-0.25, -0.2) is 9.37 Å². The van der Waals surface area contributed by atoms with Gasteiger partial charge in [0.2, 0.25) is 0 Å². The van der Waals surface area contributed by atoms with Crippen molar-refractivity contribution in [2.24, 2.45) is 5.73 Å². The van der Waals surface area contributed by atoms with Crippen molar-refractivity contribution in [3.05, 3.63) is 59.5 Å². The van der Waals surface area contributed by atoms with Crippen molar-refractivity contribution in [2.75, 3.05) is 11.9 Å². The zero-order chi connectivity index (χ0) is 14.7. The Morgan fingerprint density at radius 3 is 2.55 bits per heavy atom. The number of hydrogen-bond donors (Lipinski definition) is 1. The molecule has 1 aromatic heterocycles. The van der Waals surface area contributed by atoms with Crippen molar-refractivity contribution in [1.29, 1.82) is 0 Å². The summed E-state index contributed by atoms with van der Waals surface area (Å²) >= 11 is 0. The van der Waals surface area contributed by atoms with Crippen LogP contribution in [0.2, 0.25) is 0 Å². The Morgan fingerprint density at radius 1 is 1.20 bits per heavy atom. The van der Waals surface area contributed by atoms with Crippen molar-refractivity contribution in [3.8, 4) is 0 Å². The molecule has 0 saturated heterocycles. The first kappa shape index (κ1) is 14.5. The first-order valence-electron chi connectivity index (χ1n) is 6.69. The molecule has 1 unspecified atom stereocenters. The summed E-state index contributed by atoms with van der Waals surface area (Å²) in [5.74, 6) is 0.589. The largest absolute Gasteiger partial charge is 0.353 e. The normalized spacial score (nSPS) is 13.8. The molecule has 20 heavy (non-hydrogen) atoms. The van der Waals surface area contributed by atoms with Gasteiger partial charge in [0.15, 0.2) is 0 Å². The zero-order valence-corrected chi connectivity index (χ0v) is 12.0. The van der Waals surface area contributed by atoms with Crippen molar-refractivity contribution < 1.29 is 4.39 Å². The standard InChI is InChI=1S/C16H20FN3/c1-11(18)13-8-9-19-16(10-13)20(3)12(2)14-6-4-5-7-15(14)17/h4-12H,18H2,1-3H3/t11-,12?/m1/s1. The molecule has 0 aliphatic rings. The molecule has 0 radical (unpaired) electrons.